The summed E-state index contributed by atoms with van der Waals surface area (Å²) >= 11 is 6.06. The summed E-state index contributed by atoms with van der Waals surface area (Å²) in [6.07, 6.45) is 1.99. The molecule has 0 aliphatic heterocycles. The van der Waals surface area contributed by atoms with Gasteiger partial charge in [-0.25, -0.2) is 4.98 Å². The molecule has 2 heterocycles. The van der Waals surface area contributed by atoms with Gasteiger partial charge in [0.25, 0.3) is 0 Å². The van der Waals surface area contributed by atoms with Crippen molar-refractivity contribution in [2.24, 2.45) is 7.05 Å². The second kappa shape index (κ2) is 5.41. The fourth-order valence-electron chi connectivity index (χ4n) is 2.34. The predicted octanol–water partition coefficient (Wildman–Crippen LogP) is 3.29. The number of imidazole rings is 1. The molecule has 0 atom stereocenters. The monoisotopic (exact) mass is 304 g/mol. The molecule has 0 aliphatic carbocycles. The van der Waals surface area contributed by atoms with Crippen molar-refractivity contribution in [1.29, 1.82) is 0 Å². The van der Waals surface area contributed by atoms with Gasteiger partial charge in [-0.05, 0) is 26.0 Å². The number of aromatic nitrogens is 4. The molecule has 3 aromatic rings. The third kappa shape index (κ3) is 2.49. The van der Waals surface area contributed by atoms with Gasteiger partial charge in [0.2, 0.25) is 0 Å². The van der Waals surface area contributed by atoms with Gasteiger partial charge < -0.3 is 4.74 Å². The number of alkyl halides is 1. The molecule has 0 bridgehead atoms. The molecule has 110 valence electrons. The molecule has 0 N–H and O–H groups in total. The SMILES string of the molecule is CC(C)Oc1cccc2c1nc(CCl)n2-c1ccn(C)n1. The van der Waals surface area contributed by atoms with Crippen LogP contribution in [0, 0.1) is 0 Å². The largest absolute Gasteiger partial charge is 0.489 e. The van der Waals surface area contributed by atoms with E-state index >= 15 is 0 Å². The van der Waals surface area contributed by atoms with E-state index in [2.05, 4.69) is 10.1 Å². The van der Waals surface area contributed by atoms with Crippen LogP contribution in [0.5, 0.6) is 5.75 Å². The average Bonchev–Trinajstić information content (AvgIpc) is 3.01. The van der Waals surface area contributed by atoms with Crippen molar-refractivity contribution >= 4 is 22.6 Å². The highest BCUT2D eigenvalue weighted by atomic mass is 35.5. The van der Waals surface area contributed by atoms with E-state index < -0.39 is 0 Å². The second-order valence-electron chi connectivity index (χ2n) is 5.14. The Morgan fingerprint density at radius 1 is 1.29 bits per heavy atom. The number of ether oxygens (including phenoxy) is 1. The van der Waals surface area contributed by atoms with E-state index in [4.69, 9.17) is 16.3 Å². The zero-order valence-electron chi connectivity index (χ0n) is 12.2. The van der Waals surface area contributed by atoms with Crippen LogP contribution in [0.3, 0.4) is 0 Å². The molecule has 21 heavy (non-hydrogen) atoms. The summed E-state index contributed by atoms with van der Waals surface area (Å²) in [7, 11) is 1.89. The molecule has 0 aliphatic rings. The van der Waals surface area contributed by atoms with Crippen LogP contribution in [0.15, 0.2) is 30.5 Å². The maximum Gasteiger partial charge on any atom is 0.160 e. The van der Waals surface area contributed by atoms with Crippen molar-refractivity contribution in [2.45, 2.75) is 25.8 Å². The summed E-state index contributed by atoms with van der Waals surface area (Å²) in [5, 5.41) is 4.44. The van der Waals surface area contributed by atoms with E-state index in [1.54, 1.807) is 4.68 Å². The molecule has 2 aromatic heterocycles. The summed E-state index contributed by atoms with van der Waals surface area (Å²) < 4.78 is 9.56. The van der Waals surface area contributed by atoms with Gasteiger partial charge in [0.05, 0.1) is 17.5 Å². The molecule has 0 radical (unpaired) electrons. The van der Waals surface area contributed by atoms with Crippen LogP contribution < -0.4 is 4.74 Å². The lowest BCUT2D eigenvalue weighted by atomic mass is 10.3. The molecule has 0 saturated carbocycles. The Balaban J connectivity index is 2.24. The lowest BCUT2D eigenvalue weighted by molar-refractivity contribution is 0.245. The van der Waals surface area contributed by atoms with E-state index in [1.807, 2.05) is 55.9 Å². The smallest absolute Gasteiger partial charge is 0.160 e. The summed E-state index contributed by atoms with van der Waals surface area (Å²) in [6.45, 7) is 3.99. The zero-order chi connectivity index (χ0) is 15.0. The lowest BCUT2D eigenvalue weighted by Crippen LogP contribution is -2.05. The first kappa shape index (κ1) is 13.9. The van der Waals surface area contributed by atoms with Crippen LogP contribution in [0.25, 0.3) is 16.9 Å². The van der Waals surface area contributed by atoms with E-state index in [1.165, 1.54) is 0 Å². The lowest BCUT2D eigenvalue weighted by Gasteiger charge is -2.10. The zero-order valence-corrected chi connectivity index (χ0v) is 13.0. The minimum Gasteiger partial charge on any atom is -0.489 e. The van der Waals surface area contributed by atoms with Gasteiger partial charge in [-0.2, -0.15) is 5.10 Å². The van der Waals surface area contributed by atoms with Crippen LogP contribution in [-0.2, 0) is 12.9 Å². The van der Waals surface area contributed by atoms with E-state index in [-0.39, 0.29) is 6.10 Å². The topological polar surface area (TPSA) is 44.9 Å². The molecule has 6 heteroatoms. The molecule has 0 saturated heterocycles. The van der Waals surface area contributed by atoms with E-state index in [9.17, 15) is 0 Å². The maximum absolute atomic E-state index is 6.06. The summed E-state index contributed by atoms with van der Waals surface area (Å²) in [5.74, 6) is 2.64. The third-order valence-corrected chi connectivity index (χ3v) is 3.37. The van der Waals surface area contributed by atoms with Crippen molar-refractivity contribution in [3.63, 3.8) is 0 Å². The third-order valence-electron chi connectivity index (χ3n) is 3.13. The molecule has 3 rings (SSSR count). The molecular formula is C15H17ClN4O. The number of halogens is 1. The Bertz CT molecular complexity index is 775. The van der Waals surface area contributed by atoms with Crippen LogP contribution >= 0.6 is 11.6 Å². The maximum atomic E-state index is 6.06. The van der Waals surface area contributed by atoms with Crippen LogP contribution in [-0.4, -0.2) is 25.4 Å². The van der Waals surface area contributed by atoms with Crippen LogP contribution in [0.2, 0.25) is 0 Å². The van der Waals surface area contributed by atoms with E-state index in [0.717, 1.165) is 28.4 Å². The molecule has 0 unspecified atom stereocenters. The standard InChI is InChI=1S/C15H17ClN4O/c1-10(2)21-12-6-4-5-11-15(12)17-14(9-16)20(11)13-7-8-19(3)18-13/h4-8,10H,9H2,1-3H3. The van der Waals surface area contributed by atoms with Gasteiger partial charge in [0, 0.05) is 19.3 Å². The first-order chi connectivity index (χ1) is 10.1. The number of rotatable bonds is 4. The number of aryl methyl sites for hydroxylation is 1. The Labute approximate surface area is 128 Å². The minimum atomic E-state index is 0.0926. The number of benzene rings is 1. The second-order valence-corrected chi connectivity index (χ2v) is 5.40. The highest BCUT2D eigenvalue weighted by Gasteiger charge is 2.16. The minimum absolute atomic E-state index is 0.0926. The first-order valence-corrected chi connectivity index (χ1v) is 7.36. The van der Waals surface area contributed by atoms with Crippen LogP contribution in [0.1, 0.15) is 19.7 Å². The molecular weight excluding hydrogens is 288 g/mol. The Morgan fingerprint density at radius 2 is 2.10 bits per heavy atom. The number of para-hydroxylation sites is 1. The summed E-state index contributed by atoms with van der Waals surface area (Å²) in [5.41, 5.74) is 1.76. The molecule has 5 nitrogen and oxygen atoms in total. The molecule has 0 amide bonds. The molecule has 0 spiro atoms. The number of fused-ring (bicyclic) bond motifs is 1. The predicted molar refractivity (Wildman–Crippen MR) is 83.2 cm³/mol. The average molecular weight is 305 g/mol. The fraction of sp³-hybridized carbons (Fsp3) is 0.333. The highest BCUT2D eigenvalue weighted by molar-refractivity contribution is 6.17. The van der Waals surface area contributed by atoms with Crippen molar-refractivity contribution in [3.05, 3.63) is 36.3 Å². The van der Waals surface area contributed by atoms with Gasteiger partial charge >= 0.3 is 0 Å². The first-order valence-electron chi connectivity index (χ1n) is 6.83. The number of nitrogens with zero attached hydrogens (tertiary/aromatic N) is 4. The van der Waals surface area contributed by atoms with Crippen molar-refractivity contribution < 1.29 is 4.74 Å². The van der Waals surface area contributed by atoms with Gasteiger partial charge in [0.1, 0.15) is 17.1 Å². The van der Waals surface area contributed by atoms with Gasteiger partial charge in [0.15, 0.2) is 5.82 Å². The van der Waals surface area contributed by atoms with Crippen molar-refractivity contribution in [1.82, 2.24) is 19.3 Å². The van der Waals surface area contributed by atoms with Gasteiger partial charge in [-0.3, -0.25) is 9.25 Å². The normalized spacial score (nSPS) is 11.5. The quantitative estimate of drug-likeness (QED) is 0.695. The number of hydrogen-bond donors (Lipinski definition) is 0. The van der Waals surface area contributed by atoms with Crippen molar-refractivity contribution in [2.75, 3.05) is 0 Å². The Hall–Kier alpha value is -2.01. The van der Waals surface area contributed by atoms with Gasteiger partial charge in [-0.15, -0.1) is 11.6 Å². The Morgan fingerprint density at radius 3 is 2.71 bits per heavy atom. The highest BCUT2D eigenvalue weighted by Crippen LogP contribution is 2.29. The summed E-state index contributed by atoms with van der Waals surface area (Å²) in [4.78, 5) is 4.63. The van der Waals surface area contributed by atoms with E-state index in [0.29, 0.717) is 5.88 Å². The Kier molecular flexibility index (Phi) is 3.59. The number of hydrogen-bond acceptors (Lipinski definition) is 3. The molecule has 0 fully saturated rings. The summed E-state index contributed by atoms with van der Waals surface area (Å²) in [6, 6.07) is 7.82. The van der Waals surface area contributed by atoms with Gasteiger partial charge in [-0.1, -0.05) is 6.07 Å². The van der Waals surface area contributed by atoms with Crippen LogP contribution in [0.4, 0.5) is 0 Å². The molecule has 1 aromatic carbocycles. The van der Waals surface area contributed by atoms with Crippen molar-refractivity contribution in [3.8, 4) is 11.6 Å². The fourth-order valence-corrected chi connectivity index (χ4v) is 2.52.